The number of hydrogen-bond acceptors (Lipinski definition) is 3. The lowest BCUT2D eigenvalue weighted by molar-refractivity contribution is 0.0803. The molecule has 1 aromatic carbocycles. The topological polar surface area (TPSA) is 85.3 Å². The van der Waals surface area contributed by atoms with E-state index in [1.165, 1.54) is 0 Å². The molecule has 1 amide bonds. The first-order chi connectivity index (χ1) is 8.22. The average molecular weight is 234 g/mol. The van der Waals surface area contributed by atoms with Crippen LogP contribution in [0.1, 0.15) is 10.4 Å². The van der Waals surface area contributed by atoms with Crippen LogP contribution in [0.15, 0.2) is 30.5 Å². The molecule has 0 saturated carbocycles. The molecule has 1 unspecified atom stereocenters. The number of nitrogens with one attached hydrogen (secondary N) is 2. The summed E-state index contributed by atoms with van der Waals surface area (Å²) < 4.78 is 0. The number of fused-ring (bicyclic) bond motifs is 1. The van der Waals surface area contributed by atoms with E-state index in [9.17, 15) is 4.79 Å². The monoisotopic (exact) mass is 234 g/mol. The molecule has 0 aliphatic rings. The Kier molecular flexibility index (Phi) is 3.41. The highest BCUT2D eigenvalue weighted by Gasteiger charge is 2.11. The van der Waals surface area contributed by atoms with Crippen molar-refractivity contribution in [2.45, 2.75) is 6.10 Å². The maximum absolute atomic E-state index is 11.9. The van der Waals surface area contributed by atoms with Gasteiger partial charge in [0.1, 0.15) is 0 Å². The molecular weight excluding hydrogens is 220 g/mol. The van der Waals surface area contributed by atoms with E-state index >= 15 is 0 Å². The average Bonchev–Trinajstić information content (AvgIpc) is 2.83. The Morgan fingerprint density at radius 1 is 1.41 bits per heavy atom. The van der Waals surface area contributed by atoms with E-state index in [-0.39, 0.29) is 19.1 Å². The molecular formula is C12H14N2O3. The van der Waals surface area contributed by atoms with Gasteiger partial charge in [-0.3, -0.25) is 4.79 Å². The van der Waals surface area contributed by atoms with Crippen molar-refractivity contribution in [3.63, 3.8) is 0 Å². The third kappa shape index (κ3) is 2.46. The van der Waals surface area contributed by atoms with E-state index in [1.807, 2.05) is 12.1 Å². The molecule has 0 spiro atoms. The van der Waals surface area contributed by atoms with Crippen molar-refractivity contribution in [1.82, 2.24) is 10.3 Å². The van der Waals surface area contributed by atoms with Crippen LogP contribution in [0.5, 0.6) is 0 Å². The molecule has 1 aromatic heterocycles. The van der Waals surface area contributed by atoms with Crippen molar-refractivity contribution in [2.75, 3.05) is 13.2 Å². The number of carbonyl (C=O) groups excluding carboxylic acids is 1. The van der Waals surface area contributed by atoms with Gasteiger partial charge in [-0.05, 0) is 18.2 Å². The molecule has 1 heterocycles. The zero-order valence-electron chi connectivity index (χ0n) is 9.18. The lowest BCUT2D eigenvalue weighted by atomic mass is 10.1. The summed E-state index contributed by atoms with van der Waals surface area (Å²) in [5.41, 5.74) is 1.44. The molecule has 2 rings (SSSR count). The predicted molar refractivity (Wildman–Crippen MR) is 63.7 cm³/mol. The molecule has 5 nitrogen and oxygen atoms in total. The van der Waals surface area contributed by atoms with Gasteiger partial charge in [0.2, 0.25) is 0 Å². The number of H-pyrrole nitrogens is 1. The van der Waals surface area contributed by atoms with Gasteiger partial charge in [-0.1, -0.05) is 6.07 Å². The number of hydrogen-bond donors (Lipinski definition) is 4. The van der Waals surface area contributed by atoms with Gasteiger partial charge >= 0.3 is 0 Å². The second-order valence-electron chi connectivity index (χ2n) is 3.79. The van der Waals surface area contributed by atoms with Crippen molar-refractivity contribution in [3.8, 4) is 0 Å². The molecule has 0 bridgehead atoms. The highest BCUT2D eigenvalue weighted by atomic mass is 16.3. The van der Waals surface area contributed by atoms with Gasteiger partial charge in [-0.25, -0.2) is 0 Å². The number of aromatic nitrogens is 1. The number of rotatable bonds is 4. The first-order valence-electron chi connectivity index (χ1n) is 5.35. The maximum atomic E-state index is 11.9. The normalized spacial score (nSPS) is 12.6. The molecule has 0 radical (unpaired) electrons. The van der Waals surface area contributed by atoms with E-state index in [2.05, 4.69) is 10.3 Å². The molecule has 2 aromatic rings. The molecule has 5 heteroatoms. The number of amides is 1. The summed E-state index contributed by atoms with van der Waals surface area (Å²) >= 11 is 0. The van der Waals surface area contributed by atoms with E-state index in [4.69, 9.17) is 10.2 Å². The summed E-state index contributed by atoms with van der Waals surface area (Å²) in [6.45, 7) is -0.329. The lowest BCUT2D eigenvalue weighted by Crippen LogP contribution is -2.33. The minimum atomic E-state index is -0.927. The minimum Gasteiger partial charge on any atom is -0.394 e. The van der Waals surface area contributed by atoms with Crippen LogP contribution >= 0.6 is 0 Å². The minimum absolute atomic E-state index is 0.0378. The summed E-state index contributed by atoms with van der Waals surface area (Å²) in [7, 11) is 0. The highest BCUT2D eigenvalue weighted by Crippen LogP contribution is 2.16. The molecule has 90 valence electrons. The largest absolute Gasteiger partial charge is 0.394 e. The fourth-order valence-corrected chi connectivity index (χ4v) is 1.65. The highest BCUT2D eigenvalue weighted by molar-refractivity contribution is 6.06. The Morgan fingerprint density at radius 2 is 2.24 bits per heavy atom. The van der Waals surface area contributed by atoms with Crippen LogP contribution in [0.3, 0.4) is 0 Å². The van der Waals surface area contributed by atoms with Crippen LogP contribution < -0.4 is 5.32 Å². The van der Waals surface area contributed by atoms with Gasteiger partial charge in [0, 0.05) is 29.2 Å². The summed E-state index contributed by atoms with van der Waals surface area (Å²) in [5, 5.41) is 21.2. The molecule has 4 N–H and O–H groups in total. The van der Waals surface area contributed by atoms with Gasteiger partial charge in [0.25, 0.3) is 5.91 Å². The SMILES string of the molecule is O=C(NCC(O)CO)c1cccc2[nH]ccc12. The predicted octanol–water partition coefficient (Wildman–Crippen LogP) is 0.251. The van der Waals surface area contributed by atoms with Crippen molar-refractivity contribution in [3.05, 3.63) is 36.0 Å². The molecule has 0 fully saturated rings. The van der Waals surface area contributed by atoms with E-state index < -0.39 is 6.10 Å². The fraction of sp³-hybridized carbons (Fsp3) is 0.250. The van der Waals surface area contributed by atoms with Crippen molar-refractivity contribution in [2.24, 2.45) is 0 Å². The van der Waals surface area contributed by atoms with Gasteiger partial charge in [-0.2, -0.15) is 0 Å². The van der Waals surface area contributed by atoms with Gasteiger partial charge < -0.3 is 20.5 Å². The van der Waals surface area contributed by atoms with Crippen LogP contribution in [0.4, 0.5) is 0 Å². The Morgan fingerprint density at radius 3 is 3.00 bits per heavy atom. The van der Waals surface area contributed by atoms with Crippen molar-refractivity contribution < 1.29 is 15.0 Å². The number of aromatic amines is 1. The molecule has 0 aliphatic heterocycles. The maximum Gasteiger partial charge on any atom is 0.252 e. The van der Waals surface area contributed by atoms with Crippen molar-refractivity contribution in [1.29, 1.82) is 0 Å². The van der Waals surface area contributed by atoms with E-state index in [0.717, 1.165) is 10.9 Å². The Hall–Kier alpha value is -1.85. The summed E-state index contributed by atoms with van der Waals surface area (Å²) in [4.78, 5) is 14.9. The van der Waals surface area contributed by atoms with Crippen LogP contribution in [0.2, 0.25) is 0 Å². The molecule has 1 atom stereocenters. The summed E-state index contributed by atoms with van der Waals surface area (Å²) in [5.74, 6) is -0.261. The Labute approximate surface area is 98.1 Å². The van der Waals surface area contributed by atoms with Crippen LogP contribution in [-0.2, 0) is 0 Å². The fourth-order valence-electron chi connectivity index (χ4n) is 1.65. The Bertz CT molecular complexity index is 521. The van der Waals surface area contributed by atoms with Crippen molar-refractivity contribution >= 4 is 16.8 Å². The third-order valence-electron chi connectivity index (χ3n) is 2.55. The third-order valence-corrected chi connectivity index (χ3v) is 2.55. The van der Waals surface area contributed by atoms with E-state index in [1.54, 1.807) is 18.3 Å². The van der Waals surface area contributed by atoms with Gasteiger partial charge in [-0.15, -0.1) is 0 Å². The number of benzene rings is 1. The molecule has 0 aliphatic carbocycles. The van der Waals surface area contributed by atoms with Gasteiger partial charge in [0.05, 0.1) is 12.7 Å². The number of aliphatic hydroxyl groups is 2. The van der Waals surface area contributed by atoms with Crippen LogP contribution in [-0.4, -0.2) is 40.4 Å². The second-order valence-corrected chi connectivity index (χ2v) is 3.79. The summed E-state index contributed by atoms with van der Waals surface area (Å²) in [6.07, 6.45) is 0.841. The summed E-state index contributed by atoms with van der Waals surface area (Å²) in [6, 6.07) is 7.22. The zero-order chi connectivity index (χ0) is 12.3. The van der Waals surface area contributed by atoms with Gasteiger partial charge in [0.15, 0.2) is 0 Å². The standard InChI is InChI=1S/C12H14N2O3/c15-7-8(16)6-14-12(17)10-2-1-3-11-9(10)4-5-13-11/h1-5,8,13,15-16H,6-7H2,(H,14,17). The first kappa shape index (κ1) is 11.6. The second kappa shape index (κ2) is 4.99. The van der Waals surface area contributed by atoms with E-state index in [0.29, 0.717) is 5.56 Å². The first-order valence-corrected chi connectivity index (χ1v) is 5.35. The number of carbonyl (C=O) groups is 1. The molecule has 0 saturated heterocycles. The zero-order valence-corrected chi connectivity index (χ0v) is 9.18. The van der Waals surface area contributed by atoms with Crippen LogP contribution in [0, 0.1) is 0 Å². The quantitative estimate of drug-likeness (QED) is 0.611. The molecule has 17 heavy (non-hydrogen) atoms. The smallest absolute Gasteiger partial charge is 0.252 e. The number of aliphatic hydroxyl groups excluding tert-OH is 2. The Balaban J connectivity index is 2.16. The lowest BCUT2D eigenvalue weighted by Gasteiger charge is -2.09. The van der Waals surface area contributed by atoms with Crippen LogP contribution in [0.25, 0.3) is 10.9 Å².